The van der Waals surface area contributed by atoms with Gasteiger partial charge in [0.25, 0.3) is 0 Å². The van der Waals surface area contributed by atoms with E-state index in [2.05, 4.69) is 47.8 Å². The van der Waals surface area contributed by atoms with Crippen LogP contribution in [0.2, 0.25) is 0 Å². The zero-order valence-electron chi connectivity index (χ0n) is 10.6. The van der Waals surface area contributed by atoms with Crippen LogP contribution in [0.1, 0.15) is 17.4 Å². The monoisotopic (exact) mass is 468 g/mol. The zero-order chi connectivity index (χ0) is 14.9. The second kappa shape index (κ2) is 6.51. The van der Waals surface area contributed by atoms with Crippen LogP contribution in [0.4, 0.5) is 0 Å². The highest BCUT2D eigenvalue weighted by molar-refractivity contribution is 9.13. The molecular formula is C13H11Br3O4. The minimum Gasteiger partial charge on any atom is -0.495 e. The molecule has 0 aliphatic carbocycles. The SMILES string of the molecule is COc1ccc(C(O)c2cc(Br)c(Br)o2)c(OC)c1Br. The molecule has 20 heavy (non-hydrogen) atoms. The lowest BCUT2D eigenvalue weighted by atomic mass is 10.1. The van der Waals surface area contributed by atoms with Crippen molar-refractivity contribution in [1.29, 1.82) is 0 Å². The Morgan fingerprint density at radius 3 is 2.35 bits per heavy atom. The summed E-state index contributed by atoms with van der Waals surface area (Å²) in [4.78, 5) is 0. The van der Waals surface area contributed by atoms with E-state index in [0.29, 0.717) is 32.0 Å². The Bertz CT molecular complexity index is 605. The molecule has 1 heterocycles. The predicted octanol–water partition coefficient (Wildman–Crippen LogP) is 4.67. The summed E-state index contributed by atoms with van der Waals surface area (Å²) in [7, 11) is 3.10. The molecule has 108 valence electrons. The molecule has 0 radical (unpaired) electrons. The Morgan fingerprint density at radius 1 is 1.15 bits per heavy atom. The molecule has 2 rings (SSSR count). The highest BCUT2D eigenvalue weighted by atomic mass is 79.9. The minimum absolute atomic E-state index is 0.402. The van der Waals surface area contributed by atoms with Crippen molar-refractivity contribution in [1.82, 2.24) is 0 Å². The normalized spacial score (nSPS) is 12.3. The first-order valence-corrected chi connectivity index (χ1v) is 7.90. The first kappa shape index (κ1) is 15.9. The molecular weight excluding hydrogens is 460 g/mol. The molecule has 0 spiro atoms. The van der Waals surface area contributed by atoms with Crippen molar-refractivity contribution in [2.24, 2.45) is 0 Å². The summed E-state index contributed by atoms with van der Waals surface area (Å²) in [6, 6.07) is 5.18. The summed E-state index contributed by atoms with van der Waals surface area (Å²) in [5.74, 6) is 1.53. The molecule has 7 heteroatoms. The Hall–Kier alpha value is -0.500. The average Bonchev–Trinajstić information content (AvgIpc) is 2.77. The van der Waals surface area contributed by atoms with E-state index in [-0.39, 0.29) is 0 Å². The van der Waals surface area contributed by atoms with Crippen LogP contribution in [-0.4, -0.2) is 19.3 Å². The average molecular weight is 471 g/mol. The van der Waals surface area contributed by atoms with Crippen molar-refractivity contribution in [2.45, 2.75) is 6.10 Å². The largest absolute Gasteiger partial charge is 0.495 e. The van der Waals surface area contributed by atoms with E-state index in [1.165, 1.54) is 7.11 Å². The van der Waals surface area contributed by atoms with E-state index in [1.807, 2.05) is 0 Å². The number of hydrogen-bond donors (Lipinski definition) is 1. The lowest BCUT2D eigenvalue weighted by molar-refractivity contribution is 0.183. The fraction of sp³-hybridized carbons (Fsp3) is 0.231. The fourth-order valence-corrected chi connectivity index (χ4v) is 3.08. The van der Waals surface area contributed by atoms with Crippen LogP contribution in [0.25, 0.3) is 0 Å². The van der Waals surface area contributed by atoms with E-state index >= 15 is 0 Å². The molecule has 2 aromatic rings. The molecule has 1 aromatic carbocycles. The van der Waals surface area contributed by atoms with E-state index in [0.717, 1.165) is 4.47 Å². The van der Waals surface area contributed by atoms with Gasteiger partial charge in [0, 0.05) is 5.56 Å². The van der Waals surface area contributed by atoms with E-state index in [9.17, 15) is 5.11 Å². The van der Waals surface area contributed by atoms with Gasteiger partial charge in [-0.25, -0.2) is 0 Å². The summed E-state index contributed by atoms with van der Waals surface area (Å²) in [5, 5.41) is 10.5. The molecule has 0 aliphatic rings. The number of halogens is 3. The van der Waals surface area contributed by atoms with Crippen molar-refractivity contribution in [3.8, 4) is 11.5 Å². The third-order valence-corrected chi connectivity index (χ3v) is 5.21. The molecule has 1 aromatic heterocycles. The standard InChI is InChI=1S/C13H11Br3O4/c1-18-8-4-3-6(12(19-2)10(8)15)11(17)9-5-7(14)13(16)20-9/h3-5,11,17H,1-2H3. The van der Waals surface area contributed by atoms with Gasteiger partial charge >= 0.3 is 0 Å². The van der Waals surface area contributed by atoms with Gasteiger partial charge in [-0.3, -0.25) is 0 Å². The number of ether oxygens (including phenoxy) is 2. The Balaban J connectivity index is 2.49. The predicted molar refractivity (Wildman–Crippen MR) is 85.4 cm³/mol. The molecule has 0 bridgehead atoms. The summed E-state index contributed by atoms with van der Waals surface area (Å²) < 4.78 is 17.9. The van der Waals surface area contributed by atoms with Gasteiger partial charge in [0.05, 0.1) is 18.7 Å². The van der Waals surface area contributed by atoms with Gasteiger partial charge < -0.3 is 19.0 Å². The van der Waals surface area contributed by atoms with E-state index in [4.69, 9.17) is 13.9 Å². The number of aliphatic hydroxyl groups is 1. The van der Waals surface area contributed by atoms with Gasteiger partial charge in [0.15, 0.2) is 4.67 Å². The van der Waals surface area contributed by atoms with Crippen molar-refractivity contribution in [3.05, 3.63) is 43.1 Å². The van der Waals surface area contributed by atoms with E-state index in [1.54, 1.807) is 25.3 Å². The fourth-order valence-electron chi connectivity index (χ4n) is 1.78. The van der Waals surface area contributed by atoms with Crippen molar-refractivity contribution >= 4 is 47.8 Å². The van der Waals surface area contributed by atoms with Gasteiger partial charge in [-0.2, -0.15) is 0 Å². The summed E-state index contributed by atoms with van der Waals surface area (Å²) >= 11 is 9.96. The smallest absolute Gasteiger partial charge is 0.183 e. The van der Waals surface area contributed by atoms with Crippen molar-refractivity contribution < 1.29 is 19.0 Å². The Labute approximate surface area is 141 Å². The highest BCUT2D eigenvalue weighted by Gasteiger charge is 2.23. The van der Waals surface area contributed by atoms with Crippen LogP contribution in [0.3, 0.4) is 0 Å². The summed E-state index contributed by atoms with van der Waals surface area (Å²) in [6.07, 6.45) is -0.949. The van der Waals surface area contributed by atoms with Gasteiger partial charge in [0.1, 0.15) is 27.8 Å². The van der Waals surface area contributed by atoms with Crippen LogP contribution in [0.5, 0.6) is 11.5 Å². The maximum atomic E-state index is 10.5. The number of benzene rings is 1. The first-order valence-electron chi connectivity index (χ1n) is 5.52. The summed E-state index contributed by atoms with van der Waals surface area (Å²) in [5.41, 5.74) is 0.578. The van der Waals surface area contributed by atoms with Gasteiger partial charge in [0.2, 0.25) is 0 Å². The number of aliphatic hydroxyl groups excluding tert-OH is 1. The van der Waals surface area contributed by atoms with Gasteiger partial charge in [-0.1, -0.05) is 0 Å². The second-order valence-electron chi connectivity index (χ2n) is 3.88. The molecule has 0 saturated carbocycles. The van der Waals surface area contributed by atoms with Crippen LogP contribution in [-0.2, 0) is 0 Å². The lowest BCUT2D eigenvalue weighted by Gasteiger charge is -2.16. The molecule has 1 N–H and O–H groups in total. The Kier molecular flexibility index (Phi) is 5.17. The highest BCUT2D eigenvalue weighted by Crippen LogP contribution is 2.42. The maximum Gasteiger partial charge on any atom is 0.183 e. The van der Waals surface area contributed by atoms with Crippen LogP contribution in [0, 0.1) is 0 Å². The molecule has 0 amide bonds. The maximum absolute atomic E-state index is 10.5. The molecule has 1 unspecified atom stereocenters. The lowest BCUT2D eigenvalue weighted by Crippen LogP contribution is -2.02. The Morgan fingerprint density at radius 2 is 1.85 bits per heavy atom. The number of hydrogen-bond acceptors (Lipinski definition) is 4. The summed E-state index contributed by atoms with van der Waals surface area (Å²) in [6.45, 7) is 0. The quantitative estimate of drug-likeness (QED) is 0.705. The molecule has 1 atom stereocenters. The van der Waals surface area contributed by atoms with Gasteiger partial charge in [-0.05, 0) is 66.0 Å². The van der Waals surface area contributed by atoms with Gasteiger partial charge in [-0.15, -0.1) is 0 Å². The molecule has 0 aliphatic heterocycles. The van der Waals surface area contributed by atoms with Crippen LogP contribution >= 0.6 is 47.8 Å². The van der Waals surface area contributed by atoms with E-state index < -0.39 is 6.10 Å². The number of rotatable bonds is 4. The number of methoxy groups -OCH3 is 2. The third-order valence-electron chi connectivity index (χ3n) is 2.74. The second-order valence-corrected chi connectivity index (χ2v) is 6.24. The van der Waals surface area contributed by atoms with Crippen LogP contribution in [0.15, 0.2) is 36.2 Å². The minimum atomic E-state index is -0.949. The zero-order valence-corrected chi connectivity index (χ0v) is 15.4. The molecule has 0 fully saturated rings. The topological polar surface area (TPSA) is 51.8 Å². The third kappa shape index (κ3) is 2.90. The first-order chi connectivity index (χ1) is 9.49. The molecule has 4 nitrogen and oxygen atoms in total. The van der Waals surface area contributed by atoms with Crippen LogP contribution < -0.4 is 9.47 Å². The number of furan rings is 1. The van der Waals surface area contributed by atoms with Crippen molar-refractivity contribution in [2.75, 3.05) is 14.2 Å². The van der Waals surface area contributed by atoms with Crippen molar-refractivity contribution in [3.63, 3.8) is 0 Å². The molecule has 0 saturated heterocycles.